The summed E-state index contributed by atoms with van der Waals surface area (Å²) in [4.78, 5) is 18.6. The van der Waals surface area contributed by atoms with Gasteiger partial charge in [-0.1, -0.05) is 0 Å². The van der Waals surface area contributed by atoms with Gasteiger partial charge in [0.15, 0.2) is 11.5 Å². The number of rotatable bonds is 3. The number of aryl methyl sites for hydroxylation is 3. The van der Waals surface area contributed by atoms with Crippen LogP contribution in [0.3, 0.4) is 0 Å². The summed E-state index contributed by atoms with van der Waals surface area (Å²) in [7, 11) is 0. The molecule has 1 N–H and O–H groups in total. The monoisotopic (exact) mass is 355 g/mol. The lowest BCUT2D eigenvalue weighted by atomic mass is 9.95. The third kappa shape index (κ3) is 2.62. The molecule has 0 saturated heterocycles. The highest BCUT2D eigenvalue weighted by molar-refractivity contribution is 7.12. The predicted octanol–water partition coefficient (Wildman–Crippen LogP) is 4.24. The van der Waals surface area contributed by atoms with Crippen molar-refractivity contribution >= 4 is 28.2 Å². The molecular formula is C19H17NO4S. The third-order valence-corrected chi connectivity index (χ3v) is 5.46. The fourth-order valence-corrected chi connectivity index (χ4v) is 4.23. The van der Waals surface area contributed by atoms with Gasteiger partial charge in [0, 0.05) is 26.8 Å². The summed E-state index contributed by atoms with van der Waals surface area (Å²) in [5.74, 6) is 0.486. The Morgan fingerprint density at radius 2 is 1.92 bits per heavy atom. The van der Waals surface area contributed by atoms with Crippen LogP contribution >= 0.6 is 11.3 Å². The van der Waals surface area contributed by atoms with Crippen LogP contribution in [-0.2, 0) is 11.2 Å². The highest BCUT2D eigenvalue weighted by Crippen LogP contribution is 2.40. The zero-order chi connectivity index (χ0) is 17.7. The average Bonchev–Trinajstić information content (AvgIpc) is 3.13. The molecule has 0 unspecified atom stereocenters. The van der Waals surface area contributed by atoms with E-state index in [0.29, 0.717) is 11.5 Å². The van der Waals surface area contributed by atoms with E-state index in [4.69, 9.17) is 14.5 Å². The molecule has 5 nitrogen and oxygen atoms in total. The summed E-state index contributed by atoms with van der Waals surface area (Å²) in [6, 6.07) is 5.83. The predicted molar refractivity (Wildman–Crippen MR) is 96.7 cm³/mol. The average molecular weight is 355 g/mol. The molecule has 3 aromatic rings. The van der Waals surface area contributed by atoms with Gasteiger partial charge in [0.25, 0.3) is 0 Å². The number of hydrogen-bond donors (Lipinski definition) is 1. The Bertz CT molecular complexity index is 1020. The number of nitrogens with zero attached hydrogens (tertiary/aromatic N) is 1. The number of aliphatic carboxylic acids is 1. The van der Waals surface area contributed by atoms with Crippen molar-refractivity contribution in [1.29, 1.82) is 0 Å². The Balaban J connectivity index is 2.04. The van der Waals surface area contributed by atoms with E-state index < -0.39 is 5.97 Å². The molecule has 25 heavy (non-hydrogen) atoms. The molecule has 3 heterocycles. The van der Waals surface area contributed by atoms with Gasteiger partial charge in [-0.2, -0.15) is 0 Å². The number of benzene rings is 1. The van der Waals surface area contributed by atoms with Gasteiger partial charge in [0.2, 0.25) is 6.79 Å². The number of carboxylic acid groups (broad SMARTS) is 1. The molecule has 0 fully saturated rings. The maximum absolute atomic E-state index is 11.4. The van der Waals surface area contributed by atoms with Crippen LogP contribution in [0.1, 0.15) is 20.9 Å². The van der Waals surface area contributed by atoms with Crippen molar-refractivity contribution in [2.45, 2.75) is 27.2 Å². The Labute approximate surface area is 148 Å². The van der Waals surface area contributed by atoms with Gasteiger partial charge in [-0.3, -0.25) is 4.79 Å². The summed E-state index contributed by atoms with van der Waals surface area (Å²) < 4.78 is 10.9. The first-order valence-electron chi connectivity index (χ1n) is 7.96. The zero-order valence-corrected chi connectivity index (χ0v) is 15.0. The first-order valence-corrected chi connectivity index (χ1v) is 8.77. The molecule has 4 rings (SSSR count). The molecule has 0 radical (unpaired) electrons. The fraction of sp³-hybridized carbons (Fsp3) is 0.263. The lowest BCUT2D eigenvalue weighted by Crippen LogP contribution is -2.06. The molecule has 0 amide bonds. The van der Waals surface area contributed by atoms with Crippen molar-refractivity contribution in [3.05, 3.63) is 39.1 Å². The highest BCUT2D eigenvalue weighted by Gasteiger charge is 2.22. The lowest BCUT2D eigenvalue weighted by Gasteiger charge is -2.14. The SMILES string of the molecule is Cc1cc(-c2nc3cc4c(cc3c(C)c2CC(=O)O)OCO4)c(C)s1. The minimum atomic E-state index is -0.865. The molecule has 0 saturated carbocycles. The Morgan fingerprint density at radius 3 is 2.56 bits per heavy atom. The molecule has 0 atom stereocenters. The Hall–Kier alpha value is -2.60. The van der Waals surface area contributed by atoms with Gasteiger partial charge in [0.05, 0.1) is 17.6 Å². The number of carboxylic acids is 1. The van der Waals surface area contributed by atoms with Crippen molar-refractivity contribution in [2.75, 3.05) is 6.79 Å². The van der Waals surface area contributed by atoms with Crippen LogP contribution in [0.4, 0.5) is 0 Å². The van der Waals surface area contributed by atoms with Crippen molar-refractivity contribution < 1.29 is 19.4 Å². The Morgan fingerprint density at radius 1 is 1.20 bits per heavy atom. The molecule has 0 aliphatic carbocycles. The van der Waals surface area contributed by atoms with Gasteiger partial charge in [-0.25, -0.2) is 4.98 Å². The number of fused-ring (bicyclic) bond motifs is 2. The van der Waals surface area contributed by atoms with Gasteiger partial charge < -0.3 is 14.6 Å². The van der Waals surface area contributed by atoms with Gasteiger partial charge in [0.1, 0.15) is 0 Å². The summed E-state index contributed by atoms with van der Waals surface area (Å²) in [5.41, 5.74) is 4.20. The number of aromatic nitrogens is 1. The van der Waals surface area contributed by atoms with Gasteiger partial charge >= 0.3 is 5.97 Å². The fourth-order valence-electron chi connectivity index (χ4n) is 3.31. The van der Waals surface area contributed by atoms with Gasteiger partial charge in [-0.15, -0.1) is 11.3 Å². The molecule has 0 spiro atoms. The highest BCUT2D eigenvalue weighted by atomic mass is 32.1. The van der Waals surface area contributed by atoms with E-state index in [1.165, 1.54) is 4.88 Å². The Kier molecular flexibility index (Phi) is 3.65. The molecule has 1 aromatic carbocycles. The standard InChI is InChI=1S/C19H17NO4S/c1-9-4-14(11(3)25-9)19-13(6-18(21)22)10(2)12-5-16-17(24-8-23-16)7-15(12)20-19/h4-5,7H,6,8H2,1-3H3,(H,21,22). The van der Waals surface area contributed by atoms with Gasteiger partial charge in [-0.05, 0) is 44.0 Å². The summed E-state index contributed by atoms with van der Waals surface area (Å²) in [6.07, 6.45) is -0.0626. The van der Waals surface area contributed by atoms with Crippen LogP contribution in [-0.4, -0.2) is 22.9 Å². The molecular weight excluding hydrogens is 338 g/mol. The molecule has 1 aliphatic rings. The van der Waals surface area contributed by atoms with Crippen molar-refractivity contribution in [1.82, 2.24) is 4.98 Å². The van der Waals surface area contributed by atoms with Crippen molar-refractivity contribution in [3.63, 3.8) is 0 Å². The first-order chi connectivity index (χ1) is 11.9. The van der Waals surface area contributed by atoms with Crippen molar-refractivity contribution in [2.24, 2.45) is 0 Å². The second kappa shape index (κ2) is 5.74. The van der Waals surface area contributed by atoms with E-state index in [9.17, 15) is 9.90 Å². The molecule has 2 aromatic heterocycles. The second-order valence-corrected chi connectivity index (χ2v) is 7.64. The topological polar surface area (TPSA) is 68.7 Å². The maximum Gasteiger partial charge on any atom is 0.307 e. The smallest absolute Gasteiger partial charge is 0.307 e. The number of thiophene rings is 1. The van der Waals surface area contributed by atoms with Crippen molar-refractivity contribution in [3.8, 4) is 22.8 Å². The number of hydrogen-bond acceptors (Lipinski definition) is 5. The number of pyridine rings is 1. The largest absolute Gasteiger partial charge is 0.481 e. The third-order valence-electron chi connectivity index (χ3n) is 4.49. The van der Waals surface area contributed by atoms with Crippen LogP contribution in [0.2, 0.25) is 0 Å². The van der Waals surface area contributed by atoms with Crippen LogP contribution in [0, 0.1) is 20.8 Å². The summed E-state index contributed by atoms with van der Waals surface area (Å²) in [6.45, 7) is 6.23. The zero-order valence-electron chi connectivity index (χ0n) is 14.2. The first kappa shape index (κ1) is 15.9. The van der Waals surface area contributed by atoms with E-state index in [2.05, 4.69) is 6.07 Å². The van der Waals surface area contributed by atoms with Crippen LogP contribution in [0.5, 0.6) is 11.5 Å². The van der Waals surface area contributed by atoms with E-state index in [0.717, 1.165) is 38.2 Å². The van der Waals surface area contributed by atoms with Crippen LogP contribution < -0.4 is 9.47 Å². The minimum Gasteiger partial charge on any atom is -0.481 e. The number of carbonyl (C=O) groups is 1. The van der Waals surface area contributed by atoms with Crippen LogP contribution in [0.15, 0.2) is 18.2 Å². The number of ether oxygens (including phenoxy) is 2. The molecule has 0 bridgehead atoms. The summed E-state index contributed by atoms with van der Waals surface area (Å²) in [5, 5.41) is 10.3. The minimum absolute atomic E-state index is 0.0626. The second-order valence-electron chi connectivity index (χ2n) is 6.18. The molecule has 128 valence electrons. The van der Waals surface area contributed by atoms with E-state index in [-0.39, 0.29) is 13.2 Å². The lowest BCUT2D eigenvalue weighted by molar-refractivity contribution is -0.136. The van der Waals surface area contributed by atoms with E-state index >= 15 is 0 Å². The van der Waals surface area contributed by atoms with E-state index in [1.807, 2.05) is 32.9 Å². The normalized spacial score (nSPS) is 12.8. The molecule has 6 heteroatoms. The summed E-state index contributed by atoms with van der Waals surface area (Å²) >= 11 is 1.69. The van der Waals surface area contributed by atoms with Crippen LogP contribution in [0.25, 0.3) is 22.2 Å². The maximum atomic E-state index is 11.4. The van der Waals surface area contributed by atoms with E-state index in [1.54, 1.807) is 11.3 Å². The quantitative estimate of drug-likeness (QED) is 0.761. The molecule has 1 aliphatic heterocycles.